The summed E-state index contributed by atoms with van der Waals surface area (Å²) in [5.41, 5.74) is 0.481. The van der Waals surface area contributed by atoms with Gasteiger partial charge in [0.25, 0.3) is 0 Å². The molecule has 122 valence electrons. The summed E-state index contributed by atoms with van der Waals surface area (Å²) in [4.78, 5) is 23.6. The number of ether oxygens (including phenoxy) is 1. The number of para-hydroxylation sites is 1. The van der Waals surface area contributed by atoms with Crippen molar-refractivity contribution in [2.24, 2.45) is 0 Å². The van der Waals surface area contributed by atoms with Gasteiger partial charge in [0, 0.05) is 25.7 Å². The average Bonchev–Trinajstić information content (AvgIpc) is 2.92. The zero-order valence-corrected chi connectivity index (χ0v) is 13.9. The van der Waals surface area contributed by atoms with Crippen LogP contribution in [-0.4, -0.2) is 35.6 Å². The van der Waals surface area contributed by atoms with Gasteiger partial charge in [-0.25, -0.2) is 4.79 Å². The van der Waals surface area contributed by atoms with Crippen molar-refractivity contribution in [1.82, 2.24) is 4.90 Å². The van der Waals surface area contributed by atoms with Crippen LogP contribution in [0.25, 0.3) is 0 Å². The van der Waals surface area contributed by atoms with E-state index in [1.165, 1.54) is 6.92 Å². The van der Waals surface area contributed by atoms with Crippen LogP contribution in [0.1, 0.15) is 40.5 Å². The predicted molar refractivity (Wildman–Crippen MR) is 87.8 cm³/mol. The fraction of sp³-hybridized carbons (Fsp3) is 0.529. The van der Waals surface area contributed by atoms with Crippen molar-refractivity contribution in [2.45, 2.75) is 46.1 Å². The number of rotatable bonds is 1. The van der Waals surface area contributed by atoms with Crippen LogP contribution in [0.5, 0.6) is 0 Å². The molecule has 0 saturated carbocycles. The molecule has 1 aliphatic rings. The Balaban J connectivity index is 0.000000224. The first-order chi connectivity index (χ1) is 10.3. The van der Waals surface area contributed by atoms with E-state index < -0.39 is 0 Å². The van der Waals surface area contributed by atoms with Gasteiger partial charge in [0.1, 0.15) is 5.60 Å². The highest BCUT2D eigenvalue weighted by Crippen LogP contribution is 2.14. The number of hydrogen-bond acceptors (Lipinski definition) is 3. The minimum Gasteiger partial charge on any atom is -0.444 e. The monoisotopic (exact) mass is 306 g/mol. The van der Waals surface area contributed by atoms with E-state index in [2.05, 4.69) is 5.32 Å². The molecule has 0 unspecified atom stereocenters. The normalized spacial score (nSPS) is 13.9. The first-order valence-electron chi connectivity index (χ1n) is 7.58. The second-order valence-corrected chi connectivity index (χ2v) is 6.22. The van der Waals surface area contributed by atoms with Crippen LogP contribution in [0.3, 0.4) is 0 Å². The lowest BCUT2D eigenvalue weighted by atomic mass is 10.2. The summed E-state index contributed by atoms with van der Waals surface area (Å²) in [6.45, 7) is 8.87. The van der Waals surface area contributed by atoms with Gasteiger partial charge in [-0.2, -0.15) is 0 Å². The maximum atomic E-state index is 11.4. The van der Waals surface area contributed by atoms with Gasteiger partial charge < -0.3 is 15.0 Å². The Labute approximate surface area is 132 Å². The molecule has 0 bridgehead atoms. The molecule has 1 aromatic carbocycles. The molecule has 22 heavy (non-hydrogen) atoms. The molecular weight excluding hydrogens is 280 g/mol. The van der Waals surface area contributed by atoms with Crippen LogP contribution in [0, 0.1) is 0 Å². The van der Waals surface area contributed by atoms with Crippen LogP contribution in [0.4, 0.5) is 10.5 Å². The number of hydrogen-bond donors (Lipinski definition) is 1. The quantitative estimate of drug-likeness (QED) is 0.861. The molecule has 0 radical (unpaired) electrons. The predicted octanol–water partition coefficient (Wildman–Crippen LogP) is 3.66. The maximum Gasteiger partial charge on any atom is 0.410 e. The Morgan fingerprint density at radius 2 is 1.64 bits per heavy atom. The average molecular weight is 306 g/mol. The molecule has 5 heteroatoms. The van der Waals surface area contributed by atoms with Gasteiger partial charge in [0.15, 0.2) is 0 Å². The van der Waals surface area contributed by atoms with Crippen molar-refractivity contribution >= 4 is 17.7 Å². The zero-order valence-electron chi connectivity index (χ0n) is 13.9. The number of likely N-dealkylation sites (tertiary alicyclic amines) is 1. The second-order valence-electron chi connectivity index (χ2n) is 6.22. The highest BCUT2D eigenvalue weighted by molar-refractivity contribution is 5.88. The Morgan fingerprint density at radius 1 is 1.09 bits per heavy atom. The fourth-order valence-electron chi connectivity index (χ4n) is 1.95. The summed E-state index contributed by atoms with van der Waals surface area (Å²) in [6, 6.07) is 9.37. The molecule has 2 rings (SSSR count). The molecule has 1 fully saturated rings. The largest absolute Gasteiger partial charge is 0.444 e. The van der Waals surface area contributed by atoms with E-state index in [1.54, 1.807) is 4.90 Å². The standard InChI is InChI=1S/C9H17NO2.C8H9NO/c1-9(2,3)12-8(11)10-6-4-5-7-10;1-7(10)9-8-5-3-2-4-6-8/h4-7H2,1-3H3;2-6H,1H3,(H,9,10). The number of anilines is 1. The Bertz CT molecular complexity index is 474. The van der Waals surface area contributed by atoms with Crippen molar-refractivity contribution in [3.63, 3.8) is 0 Å². The summed E-state index contributed by atoms with van der Waals surface area (Å²) >= 11 is 0. The topological polar surface area (TPSA) is 58.6 Å². The molecule has 5 nitrogen and oxygen atoms in total. The summed E-state index contributed by atoms with van der Waals surface area (Å²) in [6.07, 6.45) is 2.05. The molecule has 1 aromatic rings. The van der Waals surface area contributed by atoms with Gasteiger partial charge in [-0.15, -0.1) is 0 Å². The Kier molecular flexibility index (Phi) is 6.89. The lowest BCUT2D eigenvalue weighted by Gasteiger charge is -2.23. The highest BCUT2D eigenvalue weighted by atomic mass is 16.6. The van der Waals surface area contributed by atoms with Crippen LogP contribution in [0.15, 0.2) is 30.3 Å². The minimum absolute atomic E-state index is 0.0359. The van der Waals surface area contributed by atoms with Gasteiger partial charge in [0.05, 0.1) is 0 Å². The van der Waals surface area contributed by atoms with Crippen LogP contribution >= 0.6 is 0 Å². The summed E-state index contributed by atoms with van der Waals surface area (Å²) in [7, 11) is 0. The molecule has 1 saturated heterocycles. The molecule has 1 N–H and O–H groups in total. The smallest absolute Gasteiger partial charge is 0.410 e. The van der Waals surface area contributed by atoms with Crippen molar-refractivity contribution in [3.8, 4) is 0 Å². The number of carbonyl (C=O) groups is 2. The van der Waals surface area contributed by atoms with Crippen molar-refractivity contribution in [3.05, 3.63) is 30.3 Å². The SMILES string of the molecule is CC(=O)Nc1ccccc1.CC(C)(C)OC(=O)N1CCCC1. The molecule has 0 spiro atoms. The lowest BCUT2D eigenvalue weighted by Crippen LogP contribution is -2.34. The van der Waals surface area contributed by atoms with E-state index in [0.29, 0.717) is 0 Å². The summed E-state index contributed by atoms with van der Waals surface area (Å²) in [5, 5.41) is 2.67. The van der Waals surface area contributed by atoms with Gasteiger partial charge >= 0.3 is 6.09 Å². The Morgan fingerprint density at radius 3 is 2.09 bits per heavy atom. The second kappa shape index (κ2) is 8.41. The number of benzene rings is 1. The third-order valence-corrected chi connectivity index (χ3v) is 2.85. The zero-order chi connectivity index (χ0) is 16.6. The van der Waals surface area contributed by atoms with Crippen molar-refractivity contribution < 1.29 is 14.3 Å². The number of nitrogens with one attached hydrogen (secondary N) is 1. The molecule has 0 aromatic heterocycles. The molecule has 0 aliphatic carbocycles. The van der Waals surface area contributed by atoms with Crippen molar-refractivity contribution in [1.29, 1.82) is 0 Å². The van der Waals surface area contributed by atoms with Crippen LogP contribution < -0.4 is 5.32 Å². The van der Waals surface area contributed by atoms with Gasteiger partial charge in [0.2, 0.25) is 5.91 Å². The van der Waals surface area contributed by atoms with E-state index in [9.17, 15) is 9.59 Å². The van der Waals surface area contributed by atoms with E-state index >= 15 is 0 Å². The minimum atomic E-state index is -0.361. The number of carbonyl (C=O) groups excluding carboxylic acids is 2. The fourth-order valence-corrected chi connectivity index (χ4v) is 1.95. The highest BCUT2D eigenvalue weighted by Gasteiger charge is 2.23. The molecule has 1 aliphatic heterocycles. The van der Waals surface area contributed by atoms with E-state index in [4.69, 9.17) is 4.74 Å². The maximum absolute atomic E-state index is 11.4. The summed E-state index contributed by atoms with van der Waals surface area (Å²) < 4.78 is 5.21. The number of nitrogens with zero attached hydrogens (tertiary/aromatic N) is 1. The first kappa shape index (κ1) is 18.0. The van der Waals surface area contributed by atoms with Crippen molar-refractivity contribution in [2.75, 3.05) is 18.4 Å². The van der Waals surface area contributed by atoms with Crippen LogP contribution in [0.2, 0.25) is 0 Å². The molecule has 0 atom stereocenters. The Hall–Kier alpha value is -2.04. The van der Waals surface area contributed by atoms with E-state index in [1.807, 2.05) is 51.1 Å². The van der Waals surface area contributed by atoms with E-state index in [0.717, 1.165) is 31.6 Å². The van der Waals surface area contributed by atoms with Gasteiger partial charge in [-0.3, -0.25) is 4.79 Å². The summed E-state index contributed by atoms with van der Waals surface area (Å²) in [5.74, 6) is -0.0359. The van der Waals surface area contributed by atoms with E-state index in [-0.39, 0.29) is 17.6 Å². The lowest BCUT2D eigenvalue weighted by molar-refractivity contribution is -0.114. The van der Waals surface area contributed by atoms with Crippen LogP contribution in [-0.2, 0) is 9.53 Å². The van der Waals surface area contributed by atoms with Gasteiger partial charge in [-0.05, 0) is 45.7 Å². The third kappa shape index (κ3) is 7.67. The number of amides is 2. The van der Waals surface area contributed by atoms with Gasteiger partial charge in [-0.1, -0.05) is 18.2 Å². The molecular formula is C17H26N2O3. The molecule has 2 amide bonds. The first-order valence-corrected chi connectivity index (χ1v) is 7.58. The third-order valence-electron chi connectivity index (χ3n) is 2.85. The molecule has 1 heterocycles.